The zero-order valence-corrected chi connectivity index (χ0v) is 9.85. The molecule has 0 heterocycles. The summed E-state index contributed by atoms with van der Waals surface area (Å²) in [6, 6.07) is 0. The van der Waals surface area contributed by atoms with E-state index in [0.717, 1.165) is 24.3 Å². The molecule has 0 radical (unpaired) electrons. The molecule has 0 unspecified atom stereocenters. The standard InChI is InChI=1S/C10H18BrNO/c1-2-12(10(13)6-7-11)8-9-4-3-5-9/h9H,2-8H2,1H3. The van der Waals surface area contributed by atoms with Crippen LogP contribution in [0.5, 0.6) is 0 Å². The first-order chi connectivity index (χ1) is 6.27. The van der Waals surface area contributed by atoms with Crippen molar-refractivity contribution >= 4 is 21.8 Å². The van der Waals surface area contributed by atoms with Gasteiger partial charge < -0.3 is 4.90 Å². The predicted octanol–water partition coefficient (Wildman–Crippen LogP) is 2.42. The van der Waals surface area contributed by atoms with Gasteiger partial charge in [-0.05, 0) is 25.7 Å². The molecular formula is C10H18BrNO. The molecule has 0 N–H and O–H groups in total. The van der Waals surface area contributed by atoms with Crippen molar-refractivity contribution in [3.8, 4) is 0 Å². The largest absolute Gasteiger partial charge is 0.343 e. The van der Waals surface area contributed by atoms with Gasteiger partial charge in [0.1, 0.15) is 0 Å². The van der Waals surface area contributed by atoms with Gasteiger partial charge >= 0.3 is 0 Å². The second-order valence-corrected chi connectivity index (χ2v) is 4.46. The number of hydrogen-bond donors (Lipinski definition) is 0. The van der Waals surface area contributed by atoms with Crippen LogP contribution in [0.4, 0.5) is 0 Å². The third kappa shape index (κ3) is 3.29. The van der Waals surface area contributed by atoms with E-state index in [1.807, 2.05) is 4.90 Å². The molecule has 3 heteroatoms. The highest BCUT2D eigenvalue weighted by molar-refractivity contribution is 9.09. The van der Waals surface area contributed by atoms with Gasteiger partial charge in [-0.25, -0.2) is 0 Å². The van der Waals surface area contributed by atoms with Gasteiger partial charge in [0.05, 0.1) is 0 Å². The third-order valence-electron chi connectivity index (χ3n) is 2.75. The summed E-state index contributed by atoms with van der Waals surface area (Å²) in [5.74, 6) is 1.09. The first kappa shape index (κ1) is 11.0. The highest BCUT2D eigenvalue weighted by Crippen LogP contribution is 2.27. The van der Waals surface area contributed by atoms with Crippen molar-refractivity contribution in [1.29, 1.82) is 0 Å². The normalized spacial score (nSPS) is 16.8. The Morgan fingerprint density at radius 3 is 2.62 bits per heavy atom. The van der Waals surface area contributed by atoms with Crippen LogP contribution in [0.1, 0.15) is 32.6 Å². The van der Waals surface area contributed by atoms with Gasteiger partial charge in [-0.15, -0.1) is 0 Å². The van der Waals surface area contributed by atoms with E-state index in [9.17, 15) is 4.79 Å². The fourth-order valence-electron chi connectivity index (χ4n) is 1.63. The Morgan fingerprint density at radius 1 is 1.54 bits per heavy atom. The molecule has 1 rings (SSSR count). The van der Waals surface area contributed by atoms with E-state index in [1.54, 1.807) is 0 Å². The van der Waals surface area contributed by atoms with Crippen molar-refractivity contribution in [2.24, 2.45) is 5.92 Å². The fraction of sp³-hybridized carbons (Fsp3) is 0.900. The molecule has 0 aromatic rings. The Morgan fingerprint density at radius 2 is 2.23 bits per heavy atom. The molecule has 0 bridgehead atoms. The van der Waals surface area contributed by atoms with Crippen molar-refractivity contribution in [3.63, 3.8) is 0 Å². The van der Waals surface area contributed by atoms with Crippen molar-refractivity contribution in [2.75, 3.05) is 18.4 Å². The molecular weight excluding hydrogens is 230 g/mol. The molecule has 0 saturated heterocycles. The summed E-state index contributed by atoms with van der Waals surface area (Å²) in [7, 11) is 0. The number of halogens is 1. The number of alkyl halides is 1. The summed E-state index contributed by atoms with van der Waals surface area (Å²) in [5, 5.41) is 0.785. The van der Waals surface area contributed by atoms with E-state index < -0.39 is 0 Å². The Bertz CT molecular complexity index is 168. The SMILES string of the molecule is CCN(CC1CCC1)C(=O)CCBr. The Kier molecular flexibility index (Phi) is 4.78. The highest BCUT2D eigenvalue weighted by atomic mass is 79.9. The first-order valence-corrected chi connectivity index (χ1v) is 6.23. The minimum absolute atomic E-state index is 0.297. The first-order valence-electron chi connectivity index (χ1n) is 5.11. The van der Waals surface area contributed by atoms with Crippen LogP contribution in [0.2, 0.25) is 0 Å². The zero-order chi connectivity index (χ0) is 9.68. The lowest BCUT2D eigenvalue weighted by Gasteiger charge is -2.31. The van der Waals surface area contributed by atoms with Gasteiger partial charge in [0, 0.05) is 24.8 Å². The molecule has 2 nitrogen and oxygen atoms in total. The van der Waals surface area contributed by atoms with Crippen LogP contribution < -0.4 is 0 Å². The molecule has 0 spiro atoms. The van der Waals surface area contributed by atoms with Crippen molar-refractivity contribution in [3.05, 3.63) is 0 Å². The van der Waals surface area contributed by atoms with Crippen LogP contribution >= 0.6 is 15.9 Å². The molecule has 0 aliphatic heterocycles. The lowest BCUT2D eigenvalue weighted by Crippen LogP contribution is -2.37. The van der Waals surface area contributed by atoms with Crippen LogP contribution in [0.15, 0.2) is 0 Å². The summed E-state index contributed by atoms with van der Waals surface area (Å²) >= 11 is 3.30. The van der Waals surface area contributed by atoms with Crippen molar-refractivity contribution < 1.29 is 4.79 Å². The molecule has 1 amide bonds. The molecule has 1 aliphatic rings. The van der Waals surface area contributed by atoms with Gasteiger partial charge in [0.2, 0.25) is 5.91 Å². The molecule has 0 aromatic carbocycles. The van der Waals surface area contributed by atoms with Crippen molar-refractivity contribution in [1.82, 2.24) is 4.90 Å². The molecule has 1 fully saturated rings. The molecule has 0 aromatic heterocycles. The monoisotopic (exact) mass is 247 g/mol. The van der Waals surface area contributed by atoms with Crippen LogP contribution in [-0.2, 0) is 4.79 Å². The van der Waals surface area contributed by atoms with Crippen LogP contribution in [0, 0.1) is 5.92 Å². The van der Waals surface area contributed by atoms with Crippen LogP contribution in [0.25, 0.3) is 0 Å². The minimum atomic E-state index is 0.297. The molecule has 1 aliphatic carbocycles. The van der Waals surface area contributed by atoms with E-state index in [1.165, 1.54) is 19.3 Å². The minimum Gasteiger partial charge on any atom is -0.343 e. The van der Waals surface area contributed by atoms with E-state index in [2.05, 4.69) is 22.9 Å². The second-order valence-electron chi connectivity index (χ2n) is 3.67. The molecule has 0 atom stereocenters. The summed E-state index contributed by atoms with van der Waals surface area (Å²) in [6.45, 7) is 3.91. The Labute approximate surface area is 88.8 Å². The van der Waals surface area contributed by atoms with E-state index in [-0.39, 0.29) is 0 Å². The molecule has 13 heavy (non-hydrogen) atoms. The smallest absolute Gasteiger partial charge is 0.223 e. The lowest BCUT2D eigenvalue weighted by molar-refractivity contribution is -0.131. The van der Waals surface area contributed by atoms with Crippen LogP contribution in [-0.4, -0.2) is 29.2 Å². The summed E-state index contributed by atoms with van der Waals surface area (Å²) in [6.07, 6.45) is 4.63. The third-order valence-corrected chi connectivity index (χ3v) is 3.14. The topological polar surface area (TPSA) is 20.3 Å². The fourth-order valence-corrected chi connectivity index (χ4v) is 1.97. The number of rotatable bonds is 5. The summed E-state index contributed by atoms with van der Waals surface area (Å²) < 4.78 is 0. The maximum atomic E-state index is 11.5. The van der Waals surface area contributed by atoms with Crippen molar-refractivity contribution in [2.45, 2.75) is 32.6 Å². The van der Waals surface area contributed by atoms with Gasteiger partial charge in [0.25, 0.3) is 0 Å². The van der Waals surface area contributed by atoms with E-state index in [4.69, 9.17) is 0 Å². The maximum absolute atomic E-state index is 11.5. The maximum Gasteiger partial charge on any atom is 0.223 e. The van der Waals surface area contributed by atoms with Gasteiger partial charge in [-0.3, -0.25) is 4.79 Å². The highest BCUT2D eigenvalue weighted by Gasteiger charge is 2.22. The van der Waals surface area contributed by atoms with Gasteiger partial charge in [-0.1, -0.05) is 22.4 Å². The number of nitrogens with zero attached hydrogens (tertiary/aromatic N) is 1. The molecule has 1 saturated carbocycles. The number of amides is 1. The average molecular weight is 248 g/mol. The number of carbonyl (C=O) groups is 1. The number of hydrogen-bond acceptors (Lipinski definition) is 1. The van der Waals surface area contributed by atoms with Gasteiger partial charge in [0.15, 0.2) is 0 Å². The Hall–Kier alpha value is -0.0500. The summed E-state index contributed by atoms with van der Waals surface area (Å²) in [4.78, 5) is 13.5. The van der Waals surface area contributed by atoms with E-state index >= 15 is 0 Å². The van der Waals surface area contributed by atoms with E-state index in [0.29, 0.717) is 12.3 Å². The second kappa shape index (κ2) is 5.63. The predicted molar refractivity (Wildman–Crippen MR) is 58.0 cm³/mol. The van der Waals surface area contributed by atoms with Gasteiger partial charge in [-0.2, -0.15) is 0 Å². The Balaban J connectivity index is 2.27. The lowest BCUT2D eigenvalue weighted by atomic mass is 9.85. The summed E-state index contributed by atoms with van der Waals surface area (Å²) in [5.41, 5.74) is 0. The quantitative estimate of drug-likeness (QED) is 0.684. The zero-order valence-electron chi connectivity index (χ0n) is 8.26. The van der Waals surface area contributed by atoms with Crippen LogP contribution in [0.3, 0.4) is 0 Å². The molecule has 76 valence electrons. The number of carbonyl (C=O) groups excluding carboxylic acids is 1. The average Bonchev–Trinajstić information content (AvgIpc) is 2.03.